The Kier molecular flexibility index (Phi) is 3.69. The molecule has 0 aliphatic carbocycles. The highest BCUT2D eigenvalue weighted by atomic mass is 35.5. The standard InChI is InChI=1S/C13H10ClNO3/c14-9-1-7-12(8-2-9)18-13(17)15-10-3-5-11(16)6-4-10/h1-8,16H,(H,15,17). The Balaban J connectivity index is 1.96. The largest absolute Gasteiger partial charge is 0.508 e. The van der Waals surface area contributed by atoms with E-state index in [9.17, 15) is 4.79 Å². The van der Waals surface area contributed by atoms with E-state index in [1.165, 1.54) is 12.1 Å². The van der Waals surface area contributed by atoms with Gasteiger partial charge >= 0.3 is 6.09 Å². The topological polar surface area (TPSA) is 58.6 Å². The molecule has 0 aliphatic heterocycles. The van der Waals surface area contributed by atoms with Crippen molar-refractivity contribution in [1.29, 1.82) is 0 Å². The number of ether oxygens (including phenoxy) is 1. The smallest absolute Gasteiger partial charge is 0.417 e. The SMILES string of the molecule is O=C(Nc1ccc(O)cc1)Oc1ccc(Cl)cc1. The van der Waals surface area contributed by atoms with Crippen molar-refractivity contribution in [1.82, 2.24) is 0 Å². The van der Waals surface area contributed by atoms with Crippen molar-refractivity contribution in [3.8, 4) is 11.5 Å². The number of carbonyl (C=O) groups excluding carboxylic acids is 1. The lowest BCUT2D eigenvalue weighted by Gasteiger charge is -2.06. The molecular formula is C13H10ClNO3. The number of benzene rings is 2. The first kappa shape index (κ1) is 12.3. The van der Waals surface area contributed by atoms with Gasteiger partial charge in [-0.3, -0.25) is 5.32 Å². The lowest BCUT2D eigenvalue weighted by atomic mass is 10.3. The number of amides is 1. The second kappa shape index (κ2) is 5.42. The summed E-state index contributed by atoms with van der Waals surface area (Å²) in [5, 5.41) is 12.2. The summed E-state index contributed by atoms with van der Waals surface area (Å²) in [6.45, 7) is 0. The molecule has 92 valence electrons. The molecule has 0 spiro atoms. The Bertz CT molecular complexity index is 488. The van der Waals surface area contributed by atoms with Crippen molar-refractivity contribution >= 4 is 23.4 Å². The molecule has 2 aromatic carbocycles. The van der Waals surface area contributed by atoms with Crippen LogP contribution in [0.5, 0.6) is 11.5 Å². The van der Waals surface area contributed by atoms with E-state index in [2.05, 4.69) is 5.32 Å². The van der Waals surface area contributed by atoms with Crippen LogP contribution in [0.25, 0.3) is 0 Å². The molecule has 0 saturated carbocycles. The number of hydrogen-bond donors (Lipinski definition) is 2. The fraction of sp³-hybridized carbons (Fsp3) is 0. The lowest BCUT2D eigenvalue weighted by Crippen LogP contribution is -2.16. The van der Waals surface area contributed by atoms with Gasteiger partial charge in [0.05, 0.1) is 0 Å². The molecule has 0 fully saturated rings. The van der Waals surface area contributed by atoms with Gasteiger partial charge in [0.15, 0.2) is 0 Å². The van der Waals surface area contributed by atoms with Crippen LogP contribution in [0.4, 0.5) is 10.5 Å². The van der Waals surface area contributed by atoms with E-state index in [0.717, 1.165) is 0 Å². The zero-order valence-electron chi connectivity index (χ0n) is 9.26. The van der Waals surface area contributed by atoms with Crippen LogP contribution in [0.2, 0.25) is 5.02 Å². The highest BCUT2D eigenvalue weighted by Crippen LogP contribution is 2.17. The first-order valence-corrected chi connectivity index (χ1v) is 5.55. The summed E-state index contributed by atoms with van der Waals surface area (Å²) in [5.74, 6) is 0.530. The van der Waals surface area contributed by atoms with E-state index in [1.54, 1.807) is 36.4 Å². The van der Waals surface area contributed by atoms with E-state index in [0.29, 0.717) is 16.5 Å². The van der Waals surface area contributed by atoms with E-state index < -0.39 is 6.09 Å². The Morgan fingerprint density at radius 2 is 1.67 bits per heavy atom. The molecular weight excluding hydrogens is 254 g/mol. The van der Waals surface area contributed by atoms with Crippen LogP contribution >= 0.6 is 11.6 Å². The molecule has 2 N–H and O–H groups in total. The highest BCUT2D eigenvalue weighted by molar-refractivity contribution is 6.30. The zero-order valence-corrected chi connectivity index (χ0v) is 10.0. The van der Waals surface area contributed by atoms with Gasteiger partial charge in [-0.05, 0) is 48.5 Å². The summed E-state index contributed by atoms with van der Waals surface area (Å²) in [6, 6.07) is 12.5. The minimum absolute atomic E-state index is 0.131. The molecule has 5 heteroatoms. The van der Waals surface area contributed by atoms with E-state index in [4.69, 9.17) is 21.4 Å². The minimum atomic E-state index is -0.608. The fourth-order valence-electron chi connectivity index (χ4n) is 1.30. The highest BCUT2D eigenvalue weighted by Gasteiger charge is 2.04. The second-order valence-corrected chi connectivity index (χ2v) is 3.95. The first-order chi connectivity index (χ1) is 8.63. The molecule has 0 bridgehead atoms. The van der Waals surface area contributed by atoms with Gasteiger partial charge in [0.25, 0.3) is 0 Å². The number of phenolic OH excluding ortho intramolecular Hbond substituents is 1. The molecule has 18 heavy (non-hydrogen) atoms. The van der Waals surface area contributed by atoms with Crippen molar-refractivity contribution in [2.45, 2.75) is 0 Å². The average molecular weight is 264 g/mol. The molecule has 0 heterocycles. The molecule has 4 nitrogen and oxygen atoms in total. The van der Waals surface area contributed by atoms with Gasteiger partial charge in [0, 0.05) is 10.7 Å². The lowest BCUT2D eigenvalue weighted by molar-refractivity contribution is 0.215. The molecule has 0 unspecified atom stereocenters. The van der Waals surface area contributed by atoms with Crippen LogP contribution in [-0.2, 0) is 0 Å². The van der Waals surface area contributed by atoms with Gasteiger partial charge in [0.2, 0.25) is 0 Å². The van der Waals surface area contributed by atoms with Gasteiger partial charge in [-0.25, -0.2) is 4.79 Å². The predicted octanol–water partition coefficient (Wildman–Crippen LogP) is 3.66. The molecule has 0 saturated heterocycles. The number of anilines is 1. The van der Waals surface area contributed by atoms with E-state index in [-0.39, 0.29) is 5.75 Å². The molecule has 2 aromatic rings. The number of carbonyl (C=O) groups is 1. The second-order valence-electron chi connectivity index (χ2n) is 3.52. The third kappa shape index (κ3) is 3.40. The monoisotopic (exact) mass is 263 g/mol. The van der Waals surface area contributed by atoms with Gasteiger partial charge < -0.3 is 9.84 Å². The summed E-state index contributed by atoms with van der Waals surface area (Å²) in [5.41, 5.74) is 0.534. The van der Waals surface area contributed by atoms with E-state index >= 15 is 0 Å². The van der Waals surface area contributed by atoms with E-state index in [1.807, 2.05) is 0 Å². The third-order valence-electron chi connectivity index (χ3n) is 2.14. The summed E-state index contributed by atoms with van der Waals surface area (Å²) in [4.78, 5) is 11.5. The summed E-state index contributed by atoms with van der Waals surface area (Å²) in [6.07, 6.45) is -0.608. The average Bonchev–Trinajstić information content (AvgIpc) is 2.35. The maximum atomic E-state index is 11.5. The number of hydrogen-bond acceptors (Lipinski definition) is 3. The number of halogens is 1. The molecule has 0 aromatic heterocycles. The summed E-state index contributed by atoms with van der Waals surface area (Å²) >= 11 is 5.71. The molecule has 0 aliphatic rings. The number of rotatable bonds is 2. The van der Waals surface area contributed by atoms with Crippen molar-refractivity contribution in [3.63, 3.8) is 0 Å². The maximum absolute atomic E-state index is 11.5. The quantitative estimate of drug-likeness (QED) is 0.813. The molecule has 0 atom stereocenters. The maximum Gasteiger partial charge on any atom is 0.417 e. The predicted molar refractivity (Wildman–Crippen MR) is 69.2 cm³/mol. The molecule has 2 rings (SSSR count). The third-order valence-corrected chi connectivity index (χ3v) is 2.39. The molecule has 0 radical (unpaired) electrons. The van der Waals surface area contributed by atoms with Gasteiger partial charge in [-0.1, -0.05) is 11.6 Å². The van der Waals surface area contributed by atoms with Crippen LogP contribution in [0, 0.1) is 0 Å². The first-order valence-electron chi connectivity index (χ1n) is 5.17. The van der Waals surface area contributed by atoms with Gasteiger partial charge in [0.1, 0.15) is 11.5 Å². The number of aromatic hydroxyl groups is 1. The minimum Gasteiger partial charge on any atom is -0.508 e. The van der Waals surface area contributed by atoms with Crippen LogP contribution in [0.1, 0.15) is 0 Å². The van der Waals surface area contributed by atoms with Crippen molar-refractivity contribution in [2.24, 2.45) is 0 Å². The van der Waals surface area contributed by atoms with Crippen molar-refractivity contribution in [2.75, 3.05) is 5.32 Å². The zero-order chi connectivity index (χ0) is 13.0. The van der Waals surface area contributed by atoms with Crippen LogP contribution in [-0.4, -0.2) is 11.2 Å². The number of phenols is 1. The summed E-state index contributed by atoms with van der Waals surface area (Å²) in [7, 11) is 0. The Morgan fingerprint density at radius 3 is 2.28 bits per heavy atom. The van der Waals surface area contributed by atoms with Crippen LogP contribution in [0.15, 0.2) is 48.5 Å². The van der Waals surface area contributed by atoms with Crippen molar-refractivity contribution in [3.05, 3.63) is 53.6 Å². The Hall–Kier alpha value is -2.20. The van der Waals surface area contributed by atoms with Crippen LogP contribution in [0.3, 0.4) is 0 Å². The van der Waals surface area contributed by atoms with Gasteiger partial charge in [-0.15, -0.1) is 0 Å². The normalized spacial score (nSPS) is 9.83. The van der Waals surface area contributed by atoms with Crippen molar-refractivity contribution < 1.29 is 14.6 Å². The Morgan fingerprint density at radius 1 is 1.06 bits per heavy atom. The Labute approximate surface area is 109 Å². The van der Waals surface area contributed by atoms with Gasteiger partial charge in [-0.2, -0.15) is 0 Å². The van der Waals surface area contributed by atoms with Crippen LogP contribution < -0.4 is 10.1 Å². The fourth-order valence-corrected chi connectivity index (χ4v) is 1.42. The number of nitrogens with one attached hydrogen (secondary N) is 1. The summed E-state index contributed by atoms with van der Waals surface area (Å²) < 4.78 is 5.03. The molecule has 1 amide bonds.